The largest absolute Gasteiger partial charge is 0.354 e. The maximum absolute atomic E-state index is 13.6. The summed E-state index contributed by atoms with van der Waals surface area (Å²) >= 11 is 5.74. The van der Waals surface area contributed by atoms with Crippen molar-refractivity contribution in [2.24, 2.45) is 0 Å². The molecule has 1 heterocycles. The van der Waals surface area contributed by atoms with E-state index in [1.807, 2.05) is 0 Å². The molecule has 0 aliphatic rings. The molecule has 1 aromatic heterocycles. The lowest BCUT2D eigenvalue weighted by molar-refractivity contribution is 0.102. The summed E-state index contributed by atoms with van der Waals surface area (Å²) in [5.74, 6) is -1.55. The van der Waals surface area contributed by atoms with E-state index in [-0.39, 0.29) is 16.3 Å². The Labute approximate surface area is 147 Å². The highest BCUT2D eigenvalue weighted by molar-refractivity contribution is 6.31. The Kier molecular flexibility index (Phi) is 4.90. The Morgan fingerprint density at radius 2 is 1.76 bits per heavy atom. The fourth-order valence-electron chi connectivity index (χ4n) is 2.13. The second kappa shape index (κ2) is 7.27. The molecule has 0 bridgehead atoms. The van der Waals surface area contributed by atoms with Gasteiger partial charge >= 0.3 is 0 Å². The SMILES string of the molecule is O=C(Nc1ccccc1F)c1cncc(Nc2ccc(F)c(Cl)c2)c1. The van der Waals surface area contributed by atoms with Crippen molar-refractivity contribution in [3.63, 3.8) is 0 Å². The van der Waals surface area contributed by atoms with Crippen LogP contribution in [-0.4, -0.2) is 10.9 Å². The molecule has 25 heavy (non-hydrogen) atoms. The predicted octanol–water partition coefficient (Wildman–Crippen LogP) is 5.01. The number of benzene rings is 2. The number of carbonyl (C=O) groups is 1. The molecule has 0 saturated heterocycles. The second-order valence-electron chi connectivity index (χ2n) is 5.15. The standard InChI is InChI=1S/C18H12ClF2N3O/c19-14-8-12(5-6-15(14)20)23-13-7-11(9-22-10-13)18(25)24-17-4-2-1-3-16(17)21/h1-10,23H,(H,24,25). The lowest BCUT2D eigenvalue weighted by atomic mass is 10.2. The van der Waals surface area contributed by atoms with Crippen LogP contribution in [0, 0.1) is 11.6 Å². The number of hydrogen-bond acceptors (Lipinski definition) is 3. The lowest BCUT2D eigenvalue weighted by Crippen LogP contribution is -2.13. The molecule has 4 nitrogen and oxygen atoms in total. The number of nitrogens with zero attached hydrogens (tertiary/aromatic N) is 1. The van der Waals surface area contributed by atoms with Crippen LogP contribution in [0.3, 0.4) is 0 Å². The highest BCUT2D eigenvalue weighted by Crippen LogP contribution is 2.23. The van der Waals surface area contributed by atoms with E-state index in [0.717, 1.165) is 0 Å². The minimum Gasteiger partial charge on any atom is -0.354 e. The van der Waals surface area contributed by atoms with Crippen molar-refractivity contribution in [2.75, 3.05) is 10.6 Å². The number of pyridine rings is 1. The summed E-state index contributed by atoms with van der Waals surface area (Å²) < 4.78 is 26.8. The summed E-state index contributed by atoms with van der Waals surface area (Å²) in [6, 6.07) is 11.6. The molecule has 0 radical (unpaired) electrons. The number of halogens is 3. The fraction of sp³-hybridized carbons (Fsp3) is 0. The number of anilines is 3. The molecular weight excluding hydrogens is 348 g/mol. The third-order valence-electron chi connectivity index (χ3n) is 3.33. The first-order valence-electron chi connectivity index (χ1n) is 7.26. The van der Waals surface area contributed by atoms with Gasteiger partial charge in [-0.2, -0.15) is 0 Å². The van der Waals surface area contributed by atoms with Crippen LogP contribution in [0.15, 0.2) is 60.9 Å². The molecule has 0 unspecified atom stereocenters. The van der Waals surface area contributed by atoms with Gasteiger partial charge in [-0.15, -0.1) is 0 Å². The van der Waals surface area contributed by atoms with Crippen LogP contribution >= 0.6 is 11.6 Å². The zero-order chi connectivity index (χ0) is 17.8. The highest BCUT2D eigenvalue weighted by atomic mass is 35.5. The molecule has 3 aromatic rings. The predicted molar refractivity (Wildman–Crippen MR) is 93.3 cm³/mol. The molecule has 2 N–H and O–H groups in total. The zero-order valence-electron chi connectivity index (χ0n) is 12.8. The van der Waals surface area contributed by atoms with Gasteiger partial charge in [0.2, 0.25) is 0 Å². The van der Waals surface area contributed by atoms with Crippen LogP contribution in [0.1, 0.15) is 10.4 Å². The highest BCUT2D eigenvalue weighted by Gasteiger charge is 2.10. The topological polar surface area (TPSA) is 54.0 Å². The van der Waals surface area contributed by atoms with E-state index < -0.39 is 17.5 Å². The van der Waals surface area contributed by atoms with Crippen molar-refractivity contribution in [1.82, 2.24) is 4.98 Å². The Bertz CT molecular complexity index is 934. The minimum atomic E-state index is -0.529. The van der Waals surface area contributed by atoms with Crippen LogP contribution in [0.2, 0.25) is 5.02 Å². The van der Waals surface area contributed by atoms with Crippen molar-refractivity contribution in [3.8, 4) is 0 Å². The summed E-state index contributed by atoms with van der Waals surface area (Å²) in [6.07, 6.45) is 2.86. The van der Waals surface area contributed by atoms with Gasteiger partial charge in [-0.1, -0.05) is 23.7 Å². The van der Waals surface area contributed by atoms with Gasteiger partial charge in [0.05, 0.1) is 28.2 Å². The molecule has 126 valence electrons. The van der Waals surface area contributed by atoms with E-state index in [2.05, 4.69) is 15.6 Å². The van der Waals surface area contributed by atoms with Gasteiger partial charge < -0.3 is 10.6 Å². The van der Waals surface area contributed by atoms with E-state index in [4.69, 9.17) is 11.6 Å². The van der Waals surface area contributed by atoms with Crippen molar-refractivity contribution in [3.05, 3.63) is 83.1 Å². The number of carbonyl (C=O) groups excluding carboxylic acids is 1. The third kappa shape index (κ3) is 4.10. The summed E-state index contributed by atoms with van der Waals surface area (Å²) in [5.41, 5.74) is 1.36. The number of para-hydroxylation sites is 1. The maximum Gasteiger partial charge on any atom is 0.257 e. The van der Waals surface area contributed by atoms with Crippen LogP contribution in [0.4, 0.5) is 25.8 Å². The second-order valence-corrected chi connectivity index (χ2v) is 5.56. The van der Waals surface area contributed by atoms with Gasteiger partial charge in [0.1, 0.15) is 11.6 Å². The van der Waals surface area contributed by atoms with Crippen LogP contribution in [0.5, 0.6) is 0 Å². The lowest BCUT2D eigenvalue weighted by Gasteiger charge is -2.09. The number of aromatic nitrogens is 1. The van der Waals surface area contributed by atoms with Crippen molar-refractivity contribution >= 4 is 34.6 Å². The fourth-order valence-corrected chi connectivity index (χ4v) is 2.31. The number of rotatable bonds is 4. The summed E-state index contributed by atoms with van der Waals surface area (Å²) in [5, 5.41) is 5.43. The maximum atomic E-state index is 13.6. The number of nitrogens with one attached hydrogen (secondary N) is 2. The van der Waals surface area contributed by atoms with Crippen molar-refractivity contribution in [2.45, 2.75) is 0 Å². The van der Waals surface area contributed by atoms with E-state index >= 15 is 0 Å². The van der Waals surface area contributed by atoms with Gasteiger partial charge in [0.25, 0.3) is 5.91 Å². The molecule has 2 aromatic carbocycles. The molecule has 0 aliphatic carbocycles. The van der Waals surface area contributed by atoms with E-state index in [1.54, 1.807) is 12.1 Å². The quantitative estimate of drug-likeness (QED) is 0.688. The van der Waals surface area contributed by atoms with Crippen LogP contribution < -0.4 is 10.6 Å². The molecule has 3 rings (SSSR count). The van der Waals surface area contributed by atoms with E-state index in [9.17, 15) is 13.6 Å². The average Bonchev–Trinajstić information content (AvgIpc) is 2.60. The van der Waals surface area contributed by atoms with Gasteiger partial charge in [0, 0.05) is 11.9 Å². The molecule has 1 amide bonds. The first kappa shape index (κ1) is 16.9. The Hall–Kier alpha value is -2.99. The Balaban J connectivity index is 1.77. The van der Waals surface area contributed by atoms with Gasteiger partial charge in [-0.05, 0) is 36.4 Å². The van der Waals surface area contributed by atoms with Gasteiger partial charge in [0.15, 0.2) is 0 Å². The summed E-state index contributed by atoms with van der Waals surface area (Å²) in [6.45, 7) is 0. The Morgan fingerprint density at radius 3 is 2.52 bits per heavy atom. The normalized spacial score (nSPS) is 10.4. The van der Waals surface area contributed by atoms with Crippen LogP contribution in [0.25, 0.3) is 0 Å². The monoisotopic (exact) mass is 359 g/mol. The minimum absolute atomic E-state index is 0.0218. The molecule has 0 fully saturated rings. The Morgan fingerprint density at radius 1 is 0.960 bits per heavy atom. The van der Waals surface area contributed by atoms with Crippen molar-refractivity contribution < 1.29 is 13.6 Å². The van der Waals surface area contributed by atoms with Crippen molar-refractivity contribution in [1.29, 1.82) is 0 Å². The number of amides is 1. The third-order valence-corrected chi connectivity index (χ3v) is 3.62. The van der Waals surface area contributed by atoms with E-state index in [1.165, 1.54) is 48.8 Å². The molecule has 0 atom stereocenters. The zero-order valence-corrected chi connectivity index (χ0v) is 13.5. The van der Waals surface area contributed by atoms with Gasteiger partial charge in [-0.25, -0.2) is 8.78 Å². The molecular formula is C18H12ClF2N3O. The molecule has 0 spiro atoms. The first-order valence-corrected chi connectivity index (χ1v) is 7.64. The number of hydrogen-bond donors (Lipinski definition) is 2. The van der Waals surface area contributed by atoms with Gasteiger partial charge in [-0.3, -0.25) is 9.78 Å². The smallest absolute Gasteiger partial charge is 0.257 e. The summed E-state index contributed by atoms with van der Waals surface area (Å²) in [7, 11) is 0. The van der Waals surface area contributed by atoms with E-state index in [0.29, 0.717) is 11.4 Å². The molecule has 0 saturated carbocycles. The van der Waals surface area contributed by atoms with Crippen LogP contribution in [-0.2, 0) is 0 Å². The molecule has 7 heteroatoms. The summed E-state index contributed by atoms with van der Waals surface area (Å²) in [4.78, 5) is 16.2. The molecule has 0 aliphatic heterocycles. The average molecular weight is 360 g/mol. The first-order chi connectivity index (χ1) is 12.0.